The number of rotatable bonds is 6. The first-order valence-electron chi connectivity index (χ1n) is 7.51. The van der Waals surface area contributed by atoms with Crippen molar-refractivity contribution < 1.29 is 14.9 Å². The third-order valence-corrected chi connectivity index (χ3v) is 3.89. The van der Waals surface area contributed by atoms with Gasteiger partial charge >= 0.3 is 0 Å². The van der Waals surface area contributed by atoms with Crippen LogP contribution < -0.4 is 10.1 Å². The quantitative estimate of drug-likeness (QED) is 0.749. The van der Waals surface area contributed by atoms with E-state index >= 15 is 0 Å². The van der Waals surface area contributed by atoms with Gasteiger partial charge in [0.05, 0.1) is 12.2 Å². The van der Waals surface area contributed by atoms with Crippen LogP contribution in [0.25, 0.3) is 0 Å². The van der Waals surface area contributed by atoms with Crippen molar-refractivity contribution in [1.29, 1.82) is 0 Å². The number of hydrogen-bond acceptors (Lipinski definition) is 4. The van der Waals surface area contributed by atoms with E-state index in [9.17, 15) is 10.2 Å². The van der Waals surface area contributed by atoms with E-state index < -0.39 is 5.60 Å². The molecule has 1 aliphatic rings. The fraction of sp³-hybridized carbons (Fsp3) is 0.625. The van der Waals surface area contributed by atoms with Gasteiger partial charge in [0.2, 0.25) is 0 Å². The number of ether oxygens (including phenoxy) is 1. The van der Waals surface area contributed by atoms with E-state index in [1.54, 1.807) is 6.07 Å². The highest BCUT2D eigenvalue weighted by atomic mass is 16.5. The van der Waals surface area contributed by atoms with Crippen molar-refractivity contribution >= 4 is 0 Å². The molecule has 20 heavy (non-hydrogen) atoms. The third kappa shape index (κ3) is 4.12. The second kappa shape index (κ2) is 6.95. The predicted octanol–water partition coefficient (Wildman–Crippen LogP) is 2.58. The van der Waals surface area contributed by atoms with Gasteiger partial charge in [0, 0.05) is 13.1 Å². The van der Waals surface area contributed by atoms with E-state index in [2.05, 4.69) is 5.32 Å². The van der Waals surface area contributed by atoms with Gasteiger partial charge in [-0.15, -0.1) is 0 Å². The van der Waals surface area contributed by atoms with Crippen LogP contribution >= 0.6 is 0 Å². The molecule has 0 aliphatic heterocycles. The summed E-state index contributed by atoms with van der Waals surface area (Å²) in [5.74, 6) is 0.685. The highest BCUT2D eigenvalue weighted by Gasteiger charge is 2.28. The van der Waals surface area contributed by atoms with Crippen LogP contribution in [0.2, 0.25) is 0 Å². The number of aliphatic hydroxyl groups is 1. The Balaban J connectivity index is 1.85. The lowest BCUT2D eigenvalue weighted by atomic mass is 9.85. The van der Waals surface area contributed by atoms with Gasteiger partial charge in [-0.2, -0.15) is 0 Å². The smallest absolute Gasteiger partial charge is 0.161 e. The van der Waals surface area contributed by atoms with E-state index in [1.165, 1.54) is 6.42 Å². The molecule has 112 valence electrons. The summed E-state index contributed by atoms with van der Waals surface area (Å²) < 4.78 is 5.37. The largest absolute Gasteiger partial charge is 0.504 e. The highest BCUT2D eigenvalue weighted by molar-refractivity contribution is 5.41. The molecular weight excluding hydrogens is 254 g/mol. The van der Waals surface area contributed by atoms with Crippen molar-refractivity contribution in [2.24, 2.45) is 0 Å². The van der Waals surface area contributed by atoms with Crippen molar-refractivity contribution in [3.63, 3.8) is 0 Å². The molecule has 1 saturated carbocycles. The van der Waals surface area contributed by atoms with Crippen LogP contribution in [-0.4, -0.2) is 29.0 Å². The van der Waals surface area contributed by atoms with E-state index in [0.717, 1.165) is 31.2 Å². The summed E-state index contributed by atoms with van der Waals surface area (Å²) >= 11 is 0. The lowest BCUT2D eigenvalue weighted by molar-refractivity contribution is 0.00467. The molecule has 0 saturated heterocycles. The van der Waals surface area contributed by atoms with Gasteiger partial charge in [0.25, 0.3) is 0 Å². The number of phenols is 1. The summed E-state index contributed by atoms with van der Waals surface area (Å²) in [7, 11) is 0. The second-order valence-electron chi connectivity index (χ2n) is 5.62. The van der Waals surface area contributed by atoms with Crippen LogP contribution in [0.15, 0.2) is 18.2 Å². The molecule has 1 aliphatic carbocycles. The van der Waals surface area contributed by atoms with Crippen LogP contribution in [0, 0.1) is 0 Å². The molecule has 3 N–H and O–H groups in total. The maximum absolute atomic E-state index is 10.4. The SMILES string of the molecule is CCOc1cc(CNCC2(O)CCCCC2)ccc1O. The molecular formula is C16H25NO3. The molecule has 1 aromatic carbocycles. The van der Waals surface area contributed by atoms with E-state index in [4.69, 9.17) is 4.74 Å². The molecule has 4 heteroatoms. The second-order valence-corrected chi connectivity index (χ2v) is 5.62. The van der Waals surface area contributed by atoms with Gasteiger partial charge in [-0.1, -0.05) is 25.3 Å². The molecule has 1 fully saturated rings. The molecule has 0 bridgehead atoms. The minimum Gasteiger partial charge on any atom is -0.504 e. The minimum absolute atomic E-state index is 0.168. The maximum Gasteiger partial charge on any atom is 0.161 e. The Morgan fingerprint density at radius 2 is 2.00 bits per heavy atom. The molecule has 0 aromatic heterocycles. The van der Waals surface area contributed by atoms with Crippen LogP contribution in [0.1, 0.15) is 44.6 Å². The summed E-state index contributed by atoms with van der Waals surface area (Å²) in [5, 5.41) is 23.4. The molecule has 0 unspecified atom stereocenters. The fourth-order valence-corrected chi connectivity index (χ4v) is 2.77. The standard InChI is InChI=1S/C16H25NO3/c1-2-20-15-10-13(6-7-14(15)18)11-17-12-16(19)8-4-3-5-9-16/h6-7,10,17-19H,2-5,8-9,11-12H2,1H3. The van der Waals surface area contributed by atoms with Gasteiger partial charge in [0.15, 0.2) is 11.5 Å². The monoisotopic (exact) mass is 279 g/mol. The zero-order chi connectivity index (χ0) is 14.4. The van der Waals surface area contributed by atoms with Crippen molar-refractivity contribution in [2.45, 2.75) is 51.2 Å². The van der Waals surface area contributed by atoms with Crippen molar-refractivity contribution in [3.8, 4) is 11.5 Å². The number of benzene rings is 1. The minimum atomic E-state index is -0.544. The lowest BCUT2D eigenvalue weighted by Crippen LogP contribution is -2.41. The Kier molecular flexibility index (Phi) is 5.26. The zero-order valence-corrected chi connectivity index (χ0v) is 12.2. The first kappa shape index (κ1) is 15.1. The molecule has 2 rings (SSSR count). The average molecular weight is 279 g/mol. The average Bonchev–Trinajstić information content (AvgIpc) is 2.43. The Hall–Kier alpha value is -1.26. The first-order chi connectivity index (χ1) is 9.63. The Labute approximate surface area is 120 Å². The Morgan fingerprint density at radius 1 is 1.25 bits per heavy atom. The van der Waals surface area contributed by atoms with E-state index in [-0.39, 0.29) is 5.75 Å². The van der Waals surface area contributed by atoms with Gasteiger partial charge < -0.3 is 20.3 Å². The number of nitrogens with one attached hydrogen (secondary N) is 1. The number of aromatic hydroxyl groups is 1. The molecule has 0 atom stereocenters. The van der Waals surface area contributed by atoms with Gasteiger partial charge in [-0.25, -0.2) is 0 Å². The first-order valence-corrected chi connectivity index (χ1v) is 7.51. The summed E-state index contributed by atoms with van der Waals surface area (Å²) in [4.78, 5) is 0. The third-order valence-electron chi connectivity index (χ3n) is 3.89. The summed E-state index contributed by atoms with van der Waals surface area (Å²) in [5.41, 5.74) is 0.503. The Morgan fingerprint density at radius 3 is 2.70 bits per heavy atom. The van der Waals surface area contributed by atoms with Crippen molar-refractivity contribution in [1.82, 2.24) is 5.32 Å². The molecule has 4 nitrogen and oxygen atoms in total. The van der Waals surface area contributed by atoms with Gasteiger partial charge in [-0.3, -0.25) is 0 Å². The van der Waals surface area contributed by atoms with Gasteiger partial charge in [0.1, 0.15) is 0 Å². The summed E-state index contributed by atoms with van der Waals surface area (Å²) in [6.07, 6.45) is 5.25. The van der Waals surface area contributed by atoms with Crippen LogP contribution in [0.4, 0.5) is 0 Å². The van der Waals surface area contributed by atoms with E-state index in [1.807, 2.05) is 19.1 Å². The van der Waals surface area contributed by atoms with Crippen molar-refractivity contribution in [3.05, 3.63) is 23.8 Å². The summed E-state index contributed by atoms with van der Waals surface area (Å²) in [6, 6.07) is 5.36. The van der Waals surface area contributed by atoms with Crippen LogP contribution in [0.5, 0.6) is 11.5 Å². The topological polar surface area (TPSA) is 61.7 Å². The normalized spacial score (nSPS) is 17.9. The predicted molar refractivity (Wildman–Crippen MR) is 79.0 cm³/mol. The zero-order valence-electron chi connectivity index (χ0n) is 12.2. The maximum atomic E-state index is 10.4. The Bertz CT molecular complexity index is 428. The molecule has 0 heterocycles. The molecule has 1 aromatic rings. The van der Waals surface area contributed by atoms with Crippen LogP contribution in [0.3, 0.4) is 0 Å². The number of hydrogen-bond donors (Lipinski definition) is 3. The van der Waals surface area contributed by atoms with Gasteiger partial charge in [-0.05, 0) is 37.5 Å². The molecule has 0 radical (unpaired) electrons. The molecule has 0 amide bonds. The van der Waals surface area contributed by atoms with Crippen LogP contribution in [-0.2, 0) is 6.54 Å². The fourth-order valence-electron chi connectivity index (χ4n) is 2.77. The number of phenolic OH excluding ortho intramolecular Hbond substituents is 1. The molecule has 0 spiro atoms. The summed E-state index contributed by atoms with van der Waals surface area (Å²) in [6.45, 7) is 3.72. The highest BCUT2D eigenvalue weighted by Crippen LogP contribution is 2.28. The van der Waals surface area contributed by atoms with Crippen molar-refractivity contribution in [2.75, 3.05) is 13.2 Å². The van der Waals surface area contributed by atoms with E-state index in [0.29, 0.717) is 25.4 Å². The lowest BCUT2D eigenvalue weighted by Gasteiger charge is -2.32.